The highest BCUT2D eigenvalue weighted by atomic mass is 35.5. The third-order valence-electron chi connectivity index (χ3n) is 6.19. The van der Waals surface area contributed by atoms with Crippen molar-refractivity contribution >= 4 is 38.9 Å². The summed E-state index contributed by atoms with van der Waals surface area (Å²) in [4.78, 5) is 13.9. The van der Waals surface area contributed by atoms with Crippen molar-refractivity contribution in [1.82, 2.24) is 9.21 Å². The normalized spacial score (nSPS) is 15.9. The fourth-order valence-electron chi connectivity index (χ4n) is 4.10. The molecule has 8 nitrogen and oxygen atoms in total. The summed E-state index contributed by atoms with van der Waals surface area (Å²) in [5.41, 5.74) is 2.37. The summed E-state index contributed by atoms with van der Waals surface area (Å²) in [5, 5.41) is 0. The molecule has 198 valence electrons. The first-order chi connectivity index (χ1) is 17.8. The third-order valence-corrected chi connectivity index (χ3v) is 9.79. The molecule has 1 aliphatic heterocycles. The van der Waals surface area contributed by atoms with E-state index in [1.807, 2.05) is 36.4 Å². The Morgan fingerprint density at radius 1 is 1.03 bits per heavy atom. The number of sulfonamides is 1. The van der Waals surface area contributed by atoms with Gasteiger partial charge in [0.15, 0.2) is 0 Å². The second kappa shape index (κ2) is 12.4. The molecule has 1 fully saturated rings. The van der Waals surface area contributed by atoms with E-state index >= 15 is 0 Å². The smallest absolute Gasteiger partial charge is 0.337 e. The molecule has 0 N–H and O–H groups in total. The van der Waals surface area contributed by atoms with Crippen molar-refractivity contribution < 1.29 is 27.4 Å². The summed E-state index contributed by atoms with van der Waals surface area (Å²) in [6, 6.07) is 18.0. The number of hydrogen-bond donors (Lipinski definition) is 0. The van der Waals surface area contributed by atoms with Crippen LogP contribution in [0.1, 0.15) is 27.6 Å². The van der Waals surface area contributed by atoms with E-state index in [4.69, 9.17) is 25.8 Å². The van der Waals surface area contributed by atoms with Crippen LogP contribution in [0, 0.1) is 0 Å². The molecular formula is C26H29ClN2O6S2. The van der Waals surface area contributed by atoms with Crippen LogP contribution in [0.4, 0.5) is 0 Å². The Hall–Kier alpha value is -2.47. The Labute approximate surface area is 226 Å². The summed E-state index contributed by atoms with van der Waals surface area (Å²) >= 11 is 7.03. The molecule has 2 aromatic carbocycles. The first-order valence-electron chi connectivity index (χ1n) is 11.7. The third kappa shape index (κ3) is 6.90. The number of methoxy groups -OCH3 is 2. The van der Waals surface area contributed by atoms with Gasteiger partial charge in [0, 0.05) is 32.7 Å². The molecule has 3 aromatic rings. The van der Waals surface area contributed by atoms with E-state index < -0.39 is 10.0 Å². The van der Waals surface area contributed by atoms with Crippen LogP contribution in [0.3, 0.4) is 0 Å². The first kappa shape index (κ1) is 27.6. The van der Waals surface area contributed by atoms with Gasteiger partial charge in [0.2, 0.25) is 0 Å². The van der Waals surface area contributed by atoms with Gasteiger partial charge in [-0.2, -0.15) is 4.31 Å². The Kier molecular flexibility index (Phi) is 9.22. The maximum Gasteiger partial charge on any atom is 0.337 e. The van der Waals surface area contributed by atoms with Crippen molar-refractivity contribution in [2.75, 3.05) is 46.9 Å². The van der Waals surface area contributed by atoms with Gasteiger partial charge in [0.25, 0.3) is 10.0 Å². The highest BCUT2D eigenvalue weighted by molar-refractivity contribution is 7.91. The summed E-state index contributed by atoms with van der Waals surface area (Å²) in [6.45, 7) is 2.87. The topological polar surface area (TPSA) is 85.4 Å². The van der Waals surface area contributed by atoms with Gasteiger partial charge in [-0.1, -0.05) is 35.9 Å². The van der Waals surface area contributed by atoms with Gasteiger partial charge in [0.1, 0.15) is 9.96 Å². The number of esters is 1. The Morgan fingerprint density at radius 2 is 1.76 bits per heavy atom. The summed E-state index contributed by atoms with van der Waals surface area (Å²) < 4.78 is 44.7. The number of carbonyl (C=O) groups excluding carboxylic acids is 1. The molecule has 1 saturated heterocycles. The lowest BCUT2D eigenvalue weighted by Gasteiger charge is -2.35. The molecule has 0 bridgehead atoms. The van der Waals surface area contributed by atoms with Gasteiger partial charge in [-0.25, -0.2) is 13.2 Å². The van der Waals surface area contributed by atoms with Crippen molar-refractivity contribution in [3.05, 3.63) is 81.7 Å². The largest absolute Gasteiger partial charge is 0.497 e. The van der Waals surface area contributed by atoms with Gasteiger partial charge >= 0.3 is 5.97 Å². The Morgan fingerprint density at radius 3 is 2.38 bits per heavy atom. The first-order valence-corrected chi connectivity index (χ1v) is 14.3. The minimum Gasteiger partial charge on any atom is -0.497 e. The number of piperazine rings is 1. The molecule has 1 atom stereocenters. The molecule has 0 aliphatic carbocycles. The van der Waals surface area contributed by atoms with E-state index in [0.717, 1.165) is 28.2 Å². The minimum absolute atomic E-state index is 0.266. The number of carbonyl (C=O) groups is 1. The lowest BCUT2D eigenvalue weighted by Crippen LogP contribution is -2.49. The van der Waals surface area contributed by atoms with E-state index in [1.165, 1.54) is 11.4 Å². The van der Waals surface area contributed by atoms with Gasteiger partial charge < -0.3 is 14.2 Å². The van der Waals surface area contributed by atoms with Crippen LogP contribution in [-0.4, -0.2) is 70.5 Å². The minimum atomic E-state index is -3.55. The predicted octanol–water partition coefficient (Wildman–Crippen LogP) is 4.46. The van der Waals surface area contributed by atoms with Crippen LogP contribution >= 0.6 is 22.9 Å². The van der Waals surface area contributed by atoms with Crippen molar-refractivity contribution in [3.8, 4) is 5.75 Å². The van der Waals surface area contributed by atoms with Gasteiger partial charge in [-0.3, -0.25) is 4.90 Å². The maximum atomic E-state index is 13.0. The standard InChI is InChI=1S/C26H29ClN2O6S2/c1-33-22-5-3-4-21(16-22)23(35-18-19-6-8-20(9-7-19)26(30)34-2)17-28-12-14-29(15-13-28)37(31,32)25-11-10-24(27)36-25/h3-11,16,23H,12-15,17-18H2,1-2H3/t23-/m1/s1. The highest BCUT2D eigenvalue weighted by Crippen LogP contribution is 2.29. The van der Waals surface area contributed by atoms with Crippen LogP contribution in [0.15, 0.2) is 64.9 Å². The molecule has 0 unspecified atom stereocenters. The second-order valence-electron chi connectivity index (χ2n) is 8.53. The van der Waals surface area contributed by atoms with Crippen LogP contribution in [0.25, 0.3) is 0 Å². The zero-order chi connectivity index (χ0) is 26.4. The fourth-order valence-corrected chi connectivity index (χ4v) is 7.16. The molecule has 37 heavy (non-hydrogen) atoms. The van der Waals surface area contributed by atoms with E-state index in [1.54, 1.807) is 31.4 Å². The number of ether oxygens (including phenoxy) is 3. The SMILES string of the molecule is COC(=O)c1ccc(CO[C@H](CN2CCN(S(=O)(=O)c3ccc(Cl)s3)CC2)c2cccc(OC)c2)cc1. The van der Waals surface area contributed by atoms with Crippen molar-refractivity contribution in [2.45, 2.75) is 16.9 Å². The lowest BCUT2D eigenvalue weighted by molar-refractivity contribution is 0.00762. The van der Waals surface area contributed by atoms with Crippen LogP contribution in [0.2, 0.25) is 4.34 Å². The van der Waals surface area contributed by atoms with E-state index in [2.05, 4.69) is 4.90 Å². The fraction of sp³-hybridized carbons (Fsp3) is 0.346. The Bertz CT molecular complexity index is 1300. The Balaban J connectivity index is 1.43. The van der Waals surface area contributed by atoms with E-state index in [0.29, 0.717) is 49.2 Å². The van der Waals surface area contributed by atoms with Crippen molar-refractivity contribution in [2.24, 2.45) is 0 Å². The molecule has 11 heteroatoms. The van der Waals surface area contributed by atoms with E-state index in [-0.39, 0.29) is 16.3 Å². The summed E-state index contributed by atoms with van der Waals surface area (Å²) in [6.07, 6.45) is -0.269. The number of thiophene rings is 1. The second-order valence-corrected chi connectivity index (χ2v) is 12.4. The molecule has 1 aliphatic rings. The van der Waals surface area contributed by atoms with Crippen molar-refractivity contribution in [3.63, 3.8) is 0 Å². The lowest BCUT2D eigenvalue weighted by atomic mass is 10.1. The molecule has 0 radical (unpaired) electrons. The molecule has 4 rings (SSSR count). The summed E-state index contributed by atoms with van der Waals surface area (Å²) in [7, 11) is -0.577. The average molecular weight is 565 g/mol. The zero-order valence-electron chi connectivity index (χ0n) is 20.6. The molecular weight excluding hydrogens is 536 g/mol. The number of hydrogen-bond acceptors (Lipinski definition) is 8. The quantitative estimate of drug-likeness (QED) is 0.336. The zero-order valence-corrected chi connectivity index (χ0v) is 23.0. The van der Waals surface area contributed by atoms with Crippen LogP contribution in [-0.2, 0) is 26.1 Å². The summed E-state index contributed by atoms with van der Waals surface area (Å²) in [5.74, 6) is 0.351. The molecule has 0 amide bonds. The van der Waals surface area contributed by atoms with Gasteiger partial charge in [-0.15, -0.1) is 11.3 Å². The van der Waals surface area contributed by atoms with Gasteiger partial charge in [-0.05, 0) is 47.5 Å². The maximum absolute atomic E-state index is 13.0. The average Bonchev–Trinajstić information content (AvgIpc) is 3.38. The molecule has 0 saturated carbocycles. The number of halogens is 1. The molecule has 0 spiro atoms. The van der Waals surface area contributed by atoms with E-state index in [9.17, 15) is 13.2 Å². The van der Waals surface area contributed by atoms with Crippen LogP contribution < -0.4 is 4.74 Å². The number of benzene rings is 2. The predicted molar refractivity (Wildman–Crippen MR) is 143 cm³/mol. The highest BCUT2D eigenvalue weighted by Gasteiger charge is 2.30. The number of nitrogens with zero attached hydrogens (tertiary/aromatic N) is 2. The van der Waals surface area contributed by atoms with Gasteiger partial charge in [0.05, 0.1) is 36.8 Å². The molecule has 2 heterocycles. The molecule has 1 aromatic heterocycles. The van der Waals surface area contributed by atoms with Crippen molar-refractivity contribution in [1.29, 1.82) is 0 Å². The number of rotatable bonds is 10. The monoisotopic (exact) mass is 564 g/mol. The van der Waals surface area contributed by atoms with Crippen LogP contribution in [0.5, 0.6) is 5.75 Å².